The second kappa shape index (κ2) is 5.03. The highest BCUT2D eigenvalue weighted by molar-refractivity contribution is 6.31. The lowest BCUT2D eigenvalue weighted by Gasteiger charge is -2.17. The average Bonchev–Trinajstić information content (AvgIpc) is 2.77. The monoisotopic (exact) mass is 274 g/mol. The van der Waals surface area contributed by atoms with Gasteiger partial charge in [0.05, 0.1) is 0 Å². The van der Waals surface area contributed by atoms with Gasteiger partial charge in [0.1, 0.15) is 0 Å². The Morgan fingerprint density at radius 1 is 1.37 bits per heavy atom. The van der Waals surface area contributed by atoms with Crippen molar-refractivity contribution < 1.29 is 0 Å². The van der Waals surface area contributed by atoms with Gasteiger partial charge in [-0.2, -0.15) is 0 Å². The first kappa shape index (κ1) is 12.8. The van der Waals surface area contributed by atoms with Crippen LogP contribution >= 0.6 is 11.6 Å². The molecule has 2 nitrogen and oxygen atoms in total. The molecule has 100 valence electrons. The van der Waals surface area contributed by atoms with Crippen LogP contribution in [0.3, 0.4) is 0 Å². The van der Waals surface area contributed by atoms with Crippen molar-refractivity contribution in [2.24, 2.45) is 5.73 Å². The number of aryl methyl sites for hydroxylation is 2. The molecule has 1 heterocycles. The number of nitrogens with two attached hydrogens (primary N) is 1. The first-order valence-corrected chi connectivity index (χ1v) is 7.20. The van der Waals surface area contributed by atoms with E-state index < -0.39 is 0 Å². The minimum absolute atomic E-state index is 0.207. The molecule has 0 saturated carbocycles. The van der Waals surface area contributed by atoms with Crippen molar-refractivity contribution in [1.82, 2.24) is 4.57 Å². The Labute approximate surface area is 119 Å². The van der Waals surface area contributed by atoms with E-state index in [1.807, 2.05) is 6.07 Å². The van der Waals surface area contributed by atoms with Gasteiger partial charge in [-0.15, -0.1) is 0 Å². The number of aromatic nitrogens is 1. The van der Waals surface area contributed by atoms with Gasteiger partial charge in [-0.25, -0.2) is 0 Å². The Hall–Kier alpha value is -1.25. The minimum atomic E-state index is 0.207. The van der Waals surface area contributed by atoms with Crippen LogP contribution in [0, 0.1) is 6.92 Å². The van der Waals surface area contributed by atoms with Crippen LogP contribution in [-0.4, -0.2) is 4.57 Å². The lowest BCUT2D eigenvalue weighted by molar-refractivity contribution is 0.573. The van der Waals surface area contributed by atoms with Gasteiger partial charge in [0.25, 0.3) is 0 Å². The van der Waals surface area contributed by atoms with Crippen molar-refractivity contribution in [2.45, 2.75) is 38.8 Å². The fourth-order valence-electron chi connectivity index (χ4n) is 2.85. The molecule has 1 aliphatic rings. The highest BCUT2D eigenvalue weighted by Gasteiger charge is 2.18. The second-order valence-corrected chi connectivity index (χ2v) is 5.91. The molecule has 2 N–H and O–H groups in total. The molecule has 2 aromatic rings. The Balaban J connectivity index is 1.87. The van der Waals surface area contributed by atoms with Crippen LogP contribution in [0.4, 0.5) is 0 Å². The van der Waals surface area contributed by atoms with Crippen molar-refractivity contribution >= 4 is 11.6 Å². The molecule has 1 aromatic carbocycles. The van der Waals surface area contributed by atoms with Crippen LogP contribution in [0.5, 0.6) is 0 Å². The van der Waals surface area contributed by atoms with E-state index in [0.717, 1.165) is 30.0 Å². The molecule has 3 heteroatoms. The number of hydrogen-bond acceptors (Lipinski definition) is 1. The van der Waals surface area contributed by atoms with Gasteiger partial charge in [0.15, 0.2) is 0 Å². The largest absolute Gasteiger partial charge is 0.349 e. The molecule has 1 atom stereocenters. The third-order valence-electron chi connectivity index (χ3n) is 3.92. The van der Waals surface area contributed by atoms with Gasteiger partial charge in [-0.3, -0.25) is 0 Å². The molecular formula is C16H19ClN2. The number of halogens is 1. The zero-order chi connectivity index (χ0) is 13.4. The summed E-state index contributed by atoms with van der Waals surface area (Å²) in [5.41, 5.74) is 11.2. The summed E-state index contributed by atoms with van der Waals surface area (Å²) in [6.07, 6.45) is 7.86. The molecular weight excluding hydrogens is 256 g/mol. The SMILES string of the molecule is Cc1ccc(Cn2cc3c(c2)C(N)CCC3)c(Cl)c1. The van der Waals surface area contributed by atoms with Crippen LogP contribution < -0.4 is 5.73 Å². The zero-order valence-corrected chi connectivity index (χ0v) is 12.0. The smallest absolute Gasteiger partial charge is 0.0485 e. The summed E-state index contributed by atoms with van der Waals surface area (Å²) in [6.45, 7) is 2.88. The first-order chi connectivity index (χ1) is 9.13. The molecule has 0 bridgehead atoms. The van der Waals surface area contributed by atoms with Crippen LogP contribution in [0.1, 0.15) is 41.1 Å². The highest BCUT2D eigenvalue weighted by atomic mass is 35.5. The molecule has 19 heavy (non-hydrogen) atoms. The molecule has 0 fully saturated rings. The number of hydrogen-bond donors (Lipinski definition) is 1. The molecule has 3 rings (SSSR count). The van der Waals surface area contributed by atoms with Gasteiger partial charge in [0, 0.05) is 30.0 Å². The summed E-state index contributed by atoms with van der Waals surface area (Å²) in [7, 11) is 0. The topological polar surface area (TPSA) is 30.9 Å². The van der Waals surface area contributed by atoms with Crippen LogP contribution in [0.15, 0.2) is 30.6 Å². The Morgan fingerprint density at radius 3 is 2.95 bits per heavy atom. The molecule has 1 aliphatic carbocycles. The number of rotatable bonds is 2. The van der Waals surface area contributed by atoms with Gasteiger partial charge in [0.2, 0.25) is 0 Å². The van der Waals surface area contributed by atoms with Crippen LogP contribution in [0.2, 0.25) is 5.02 Å². The van der Waals surface area contributed by atoms with E-state index in [1.54, 1.807) is 0 Å². The molecule has 0 aliphatic heterocycles. The molecule has 0 saturated heterocycles. The molecule has 0 spiro atoms. The predicted molar refractivity (Wildman–Crippen MR) is 79.6 cm³/mol. The summed E-state index contributed by atoms with van der Waals surface area (Å²) in [5, 5.41) is 0.843. The van der Waals surface area contributed by atoms with Crippen molar-refractivity contribution in [1.29, 1.82) is 0 Å². The summed E-state index contributed by atoms with van der Waals surface area (Å²) in [5.74, 6) is 0. The summed E-state index contributed by atoms with van der Waals surface area (Å²) >= 11 is 6.30. The lowest BCUT2D eigenvalue weighted by atomic mass is 9.92. The third-order valence-corrected chi connectivity index (χ3v) is 4.27. The Kier molecular flexibility index (Phi) is 3.38. The fourth-order valence-corrected chi connectivity index (χ4v) is 3.15. The number of benzene rings is 1. The Bertz CT molecular complexity index is 601. The van der Waals surface area contributed by atoms with Crippen molar-refractivity contribution in [3.05, 3.63) is 57.9 Å². The van der Waals surface area contributed by atoms with Crippen LogP contribution in [0.25, 0.3) is 0 Å². The fraction of sp³-hybridized carbons (Fsp3) is 0.375. The first-order valence-electron chi connectivity index (χ1n) is 6.82. The van der Waals surface area contributed by atoms with Gasteiger partial charge >= 0.3 is 0 Å². The number of fused-ring (bicyclic) bond motifs is 1. The maximum absolute atomic E-state index is 6.30. The maximum Gasteiger partial charge on any atom is 0.0485 e. The lowest BCUT2D eigenvalue weighted by Crippen LogP contribution is -2.15. The number of nitrogens with zero attached hydrogens (tertiary/aromatic N) is 1. The van der Waals surface area contributed by atoms with E-state index >= 15 is 0 Å². The van der Waals surface area contributed by atoms with Gasteiger partial charge in [-0.1, -0.05) is 23.7 Å². The summed E-state index contributed by atoms with van der Waals surface area (Å²) < 4.78 is 2.21. The van der Waals surface area contributed by atoms with Crippen LogP contribution in [-0.2, 0) is 13.0 Å². The molecule has 1 unspecified atom stereocenters. The minimum Gasteiger partial charge on any atom is -0.349 e. The van der Waals surface area contributed by atoms with Gasteiger partial charge < -0.3 is 10.3 Å². The van der Waals surface area contributed by atoms with E-state index in [-0.39, 0.29) is 6.04 Å². The predicted octanol–water partition coefficient (Wildman–Crippen LogP) is 3.83. The third kappa shape index (κ3) is 2.56. The van der Waals surface area contributed by atoms with E-state index in [1.165, 1.54) is 23.1 Å². The van der Waals surface area contributed by atoms with Crippen molar-refractivity contribution in [3.8, 4) is 0 Å². The van der Waals surface area contributed by atoms with E-state index in [9.17, 15) is 0 Å². The van der Waals surface area contributed by atoms with E-state index in [4.69, 9.17) is 17.3 Å². The average molecular weight is 275 g/mol. The standard InChI is InChI=1S/C16H19ClN2/c1-11-5-6-13(15(17)7-11)9-19-8-12-3-2-4-16(18)14(12)10-19/h5-8,10,16H,2-4,9,18H2,1H3. The molecule has 0 radical (unpaired) electrons. The maximum atomic E-state index is 6.30. The van der Waals surface area contributed by atoms with Crippen molar-refractivity contribution in [3.63, 3.8) is 0 Å². The Morgan fingerprint density at radius 2 is 2.21 bits per heavy atom. The summed E-state index contributed by atoms with van der Waals surface area (Å²) in [6, 6.07) is 6.44. The quantitative estimate of drug-likeness (QED) is 0.886. The summed E-state index contributed by atoms with van der Waals surface area (Å²) in [4.78, 5) is 0. The van der Waals surface area contributed by atoms with Gasteiger partial charge in [-0.05, 0) is 54.5 Å². The second-order valence-electron chi connectivity index (χ2n) is 5.50. The van der Waals surface area contributed by atoms with Crippen molar-refractivity contribution in [2.75, 3.05) is 0 Å². The zero-order valence-electron chi connectivity index (χ0n) is 11.2. The highest BCUT2D eigenvalue weighted by Crippen LogP contribution is 2.29. The normalized spacial score (nSPS) is 18.4. The van der Waals surface area contributed by atoms with E-state index in [0.29, 0.717) is 0 Å². The molecule has 0 amide bonds. The van der Waals surface area contributed by atoms with E-state index in [2.05, 4.69) is 36.0 Å². The molecule has 1 aromatic heterocycles.